The van der Waals surface area contributed by atoms with Crippen LogP contribution in [-0.4, -0.2) is 35.1 Å². The maximum absolute atomic E-state index is 9.34. The molecule has 0 radical (unpaired) electrons. The first-order valence-electron chi connectivity index (χ1n) is 3.61. The SMILES string of the molecule is CC1C(O)[C@@H](CO)O[C@H]1C. The number of rotatable bonds is 1. The second-order valence-electron chi connectivity index (χ2n) is 2.91. The predicted molar refractivity (Wildman–Crippen MR) is 36.6 cm³/mol. The summed E-state index contributed by atoms with van der Waals surface area (Å²) in [6.45, 7) is 3.74. The summed E-state index contributed by atoms with van der Waals surface area (Å²) in [7, 11) is 0. The second kappa shape index (κ2) is 2.86. The minimum atomic E-state index is -0.500. The molecular weight excluding hydrogens is 132 g/mol. The molecule has 0 amide bonds. The molecule has 1 aliphatic heterocycles. The number of hydrogen-bond acceptors (Lipinski definition) is 3. The van der Waals surface area contributed by atoms with Gasteiger partial charge in [0.05, 0.1) is 18.8 Å². The molecule has 0 aromatic carbocycles. The van der Waals surface area contributed by atoms with E-state index in [0.29, 0.717) is 0 Å². The van der Waals surface area contributed by atoms with Crippen molar-refractivity contribution < 1.29 is 14.9 Å². The Morgan fingerprint density at radius 3 is 2.20 bits per heavy atom. The van der Waals surface area contributed by atoms with E-state index in [0.717, 1.165) is 0 Å². The van der Waals surface area contributed by atoms with Crippen LogP contribution in [0.15, 0.2) is 0 Å². The van der Waals surface area contributed by atoms with Crippen molar-refractivity contribution in [2.75, 3.05) is 6.61 Å². The highest BCUT2D eigenvalue weighted by molar-refractivity contribution is 4.85. The van der Waals surface area contributed by atoms with Gasteiger partial charge in [-0.15, -0.1) is 0 Å². The third-order valence-electron chi connectivity index (χ3n) is 2.23. The van der Waals surface area contributed by atoms with Crippen LogP contribution < -0.4 is 0 Å². The van der Waals surface area contributed by atoms with Crippen LogP contribution in [0.2, 0.25) is 0 Å². The van der Waals surface area contributed by atoms with Gasteiger partial charge in [-0.25, -0.2) is 0 Å². The van der Waals surface area contributed by atoms with Crippen molar-refractivity contribution in [2.24, 2.45) is 5.92 Å². The molecule has 0 bridgehead atoms. The molecule has 4 atom stereocenters. The molecular formula is C7H14O3. The fourth-order valence-corrected chi connectivity index (χ4v) is 1.25. The third kappa shape index (κ3) is 1.17. The van der Waals surface area contributed by atoms with Gasteiger partial charge in [0.1, 0.15) is 6.10 Å². The van der Waals surface area contributed by atoms with Crippen molar-refractivity contribution in [1.29, 1.82) is 0 Å². The Bertz CT molecular complexity index is 115. The molecule has 0 aromatic heterocycles. The Hall–Kier alpha value is -0.120. The minimum Gasteiger partial charge on any atom is -0.394 e. The van der Waals surface area contributed by atoms with Gasteiger partial charge >= 0.3 is 0 Å². The molecule has 10 heavy (non-hydrogen) atoms. The molecule has 60 valence electrons. The molecule has 1 rings (SSSR count). The molecule has 1 aliphatic rings. The first kappa shape index (κ1) is 7.98. The summed E-state index contributed by atoms with van der Waals surface area (Å²) in [6, 6.07) is 0. The highest BCUT2D eigenvalue weighted by atomic mass is 16.5. The average Bonchev–Trinajstić information content (AvgIpc) is 2.17. The summed E-state index contributed by atoms with van der Waals surface area (Å²) in [6.07, 6.45) is -0.808. The quantitative estimate of drug-likeness (QED) is 0.537. The molecule has 0 spiro atoms. The van der Waals surface area contributed by atoms with Gasteiger partial charge in [-0.3, -0.25) is 0 Å². The zero-order valence-electron chi connectivity index (χ0n) is 6.32. The molecule has 1 heterocycles. The summed E-state index contributed by atoms with van der Waals surface area (Å²) >= 11 is 0. The Kier molecular flexibility index (Phi) is 2.28. The van der Waals surface area contributed by atoms with Crippen LogP contribution in [0.3, 0.4) is 0 Å². The van der Waals surface area contributed by atoms with E-state index in [2.05, 4.69) is 0 Å². The number of aliphatic hydroxyl groups is 2. The molecule has 2 unspecified atom stereocenters. The maximum atomic E-state index is 9.34. The number of hydrogen-bond donors (Lipinski definition) is 2. The van der Waals surface area contributed by atoms with Gasteiger partial charge in [0.25, 0.3) is 0 Å². The van der Waals surface area contributed by atoms with Crippen molar-refractivity contribution >= 4 is 0 Å². The second-order valence-corrected chi connectivity index (χ2v) is 2.91. The Morgan fingerprint density at radius 2 is 2.00 bits per heavy atom. The molecule has 3 nitrogen and oxygen atoms in total. The Morgan fingerprint density at radius 1 is 1.40 bits per heavy atom. The highest BCUT2D eigenvalue weighted by Gasteiger charge is 2.37. The van der Waals surface area contributed by atoms with E-state index in [1.165, 1.54) is 0 Å². The molecule has 1 saturated heterocycles. The lowest BCUT2D eigenvalue weighted by molar-refractivity contribution is -0.0170. The van der Waals surface area contributed by atoms with Gasteiger partial charge in [-0.05, 0) is 6.92 Å². The lowest BCUT2D eigenvalue weighted by Crippen LogP contribution is -2.28. The first-order valence-corrected chi connectivity index (χ1v) is 3.61. The molecule has 2 N–H and O–H groups in total. The van der Waals surface area contributed by atoms with Crippen LogP contribution in [0.4, 0.5) is 0 Å². The molecule has 1 fully saturated rings. The number of ether oxygens (including phenoxy) is 1. The van der Waals surface area contributed by atoms with Crippen LogP contribution in [-0.2, 0) is 4.74 Å². The van der Waals surface area contributed by atoms with Crippen molar-refractivity contribution in [3.05, 3.63) is 0 Å². The van der Waals surface area contributed by atoms with Crippen molar-refractivity contribution in [3.63, 3.8) is 0 Å². The lowest BCUT2D eigenvalue weighted by Gasteiger charge is -2.11. The van der Waals surface area contributed by atoms with Gasteiger partial charge in [0.2, 0.25) is 0 Å². The normalized spacial score (nSPS) is 48.0. The largest absolute Gasteiger partial charge is 0.394 e. The Balaban J connectivity index is 2.53. The predicted octanol–water partition coefficient (Wildman–Crippen LogP) is -0.237. The van der Waals surface area contributed by atoms with E-state index >= 15 is 0 Å². The number of aliphatic hydroxyl groups excluding tert-OH is 2. The van der Waals surface area contributed by atoms with Gasteiger partial charge in [-0.2, -0.15) is 0 Å². The van der Waals surface area contributed by atoms with Crippen molar-refractivity contribution in [1.82, 2.24) is 0 Å². The van der Waals surface area contributed by atoms with E-state index in [-0.39, 0.29) is 24.7 Å². The van der Waals surface area contributed by atoms with E-state index < -0.39 is 6.10 Å². The Labute approximate surface area is 60.6 Å². The molecule has 0 saturated carbocycles. The van der Waals surface area contributed by atoms with E-state index in [9.17, 15) is 5.11 Å². The highest BCUT2D eigenvalue weighted by Crippen LogP contribution is 2.25. The van der Waals surface area contributed by atoms with Crippen LogP contribution in [0.25, 0.3) is 0 Å². The van der Waals surface area contributed by atoms with Crippen LogP contribution in [0, 0.1) is 5.92 Å². The summed E-state index contributed by atoms with van der Waals surface area (Å²) in [4.78, 5) is 0. The van der Waals surface area contributed by atoms with E-state index in [1.54, 1.807) is 0 Å². The summed E-state index contributed by atoms with van der Waals surface area (Å²) in [5.74, 6) is 0.136. The summed E-state index contributed by atoms with van der Waals surface area (Å²) in [5, 5.41) is 18.0. The average molecular weight is 146 g/mol. The summed E-state index contributed by atoms with van der Waals surface area (Å²) in [5.41, 5.74) is 0. The zero-order chi connectivity index (χ0) is 7.72. The van der Waals surface area contributed by atoms with Crippen molar-refractivity contribution in [3.8, 4) is 0 Å². The fourth-order valence-electron chi connectivity index (χ4n) is 1.25. The molecule has 0 aliphatic carbocycles. The van der Waals surface area contributed by atoms with Gasteiger partial charge in [0, 0.05) is 5.92 Å². The van der Waals surface area contributed by atoms with Gasteiger partial charge < -0.3 is 14.9 Å². The topological polar surface area (TPSA) is 49.7 Å². The van der Waals surface area contributed by atoms with Crippen LogP contribution >= 0.6 is 0 Å². The van der Waals surface area contributed by atoms with E-state index in [4.69, 9.17) is 9.84 Å². The molecule has 0 aromatic rings. The monoisotopic (exact) mass is 146 g/mol. The third-order valence-corrected chi connectivity index (χ3v) is 2.23. The maximum Gasteiger partial charge on any atom is 0.107 e. The van der Waals surface area contributed by atoms with Crippen LogP contribution in [0.5, 0.6) is 0 Å². The van der Waals surface area contributed by atoms with Crippen molar-refractivity contribution in [2.45, 2.75) is 32.2 Å². The van der Waals surface area contributed by atoms with Gasteiger partial charge in [0.15, 0.2) is 0 Å². The fraction of sp³-hybridized carbons (Fsp3) is 1.00. The lowest BCUT2D eigenvalue weighted by atomic mass is 10.00. The van der Waals surface area contributed by atoms with Gasteiger partial charge in [-0.1, -0.05) is 6.92 Å². The van der Waals surface area contributed by atoms with E-state index in [1.807, 2.05) is 13.8 Å². The standard InChI is InChI=1S/C7H14O3/c1-4-5(2)10-6(3-8)7(4)9/h4-9H,3H2,1-2H3/t4?,5-,6+,7?/m0/s1. The first-order chi connectivity index (χ1) is 4.66. The summed E-state index contributed by atoms with van der Waals surface area (Å²) < 4.78 is 5.23. The minimum absolute atomic E-state index is 0.0622. The molecule has 3 heteroatoms. The zero-order valence-corrected chi connectivity index (χ0v) is 6.32. The van der Waals surface area contributed by atoms with Crippen LogP contribution in [0.1, 0.15) is 13.8 Å². The smallest absolute Gasteiger partial charge is 0.107 e.